The van der Waals surface area contributed by atoms with Crippen LogP contribution >= 0.6 is 23.2 Å². The summed E-state index contributed by atoms with van der Waals surface area (Å²) >= 11 is 12.6. The van der Waals surface area contributed by atoms with Crippen LogP contribution in [0.15, 0.2) is 30.3 Å². The van der Waals surface area contributed by atoms with E-state index in [1.165, 1.54) is 12.8 Å². The number of fused-ring (bicyclic) bond motifs is 2. The molecule has 1 saturated heterocycles. The Hall–Kier alpha value is -1.62. The topological polar surface area (TPSA) is 30.9 Å². The number of likely N-dealkylation sites (tertiary alicyclic amines) is 1. The van der Waals surface area contributed by atoms with Gasteiger partial charge in [-0.05, 0) is 43.5 Å². The van der Waals surface area contributed by atoms with Gasteiger partial charge in [0.15, 0.2) is 17.2 Å². The molecule has 0 saturated carbocycles. The Kier molecular flexibility index (Phi) is 4.42. The van der Waals surface area contributed by atoms with E-state index < -0.39 is 5.72 Å². The summed E-state index contributed by atoms with van der Waals surface area (Å²) in [5.74, 6) is 2.68. The maximum atomic E-state index is 6.68. The van der Waals surface area contributed by atoms with E-state index in [9.17, 15) is 0 Å². The van der Waals surface area contributed by atoms with E-state index in [1.807, 2.05) is 18.2 Å². The third kappa shape index (κ3) is 2.77. The largest absolute Gasteiger partial charge is 0.472 e. The van der Waals surface area contributed by atoms with Crippen molar-refractivity contribution in [2.75, 3.05) is 19.9 Å². The maximum absolute atomic E-state index is 6.68. The van der Waals surface area contributed by atoms with E-state index in [4.69, 9.17) is 37.4 Å². The average Bonchev–Trinajstić information content (AvgIpc) is 3.35. The number of halogens is 2. The Morgan fingerprint density at radius 1 is 0.964 bits per heavy atom. The summed E-state index contributed by atoms with van der Waals surface area (Å²) in [4.78, 5) is 2.47. The van der Waals surface area contributed by atoms with Crippen LogP contribution in [-0.4, -0.2) is 30.5 Å². The van der Waals surface area contributed by atoms with Gasteiger partial charge in [-0.3, -0.25) is 4.90 Å². The summed E-state index contributed by atoms with van der Waals surface area (Å²) in [6, 6.07) is 9.96. The molecule has 1 fully saturated rings. The molecule has 3 atom stereocenters. The van der Waals surface area contributed by atoms with Crippen LogP contribution in [0.3, 0.4) is 0 Å². The predicted octanol–water partition coefficient (Wildman–Crippen LogP) is 5.69. The fraction of sp³-hybridized carbons (Fsp3) is 0.455. The van der Waals surface area contributed by atoms with Crippen molar-refractivity contribution in [2.45, 2.75) is 38.3 Å². The molecule has 2 aromatic rings. The second-order valence-electron chi connectivity index (χ2n) is 8.03. The van der Waals surface area contributed by atoms with Gasteiger partial charge in [0.05, 0.1) is 10.0 Å². The fourth-order valence-electron chi connectivity index (χ4n) is 4.85. The third-order valence-corrected chi connectivity index (χ3v) is 7.28. The highest BCUT2D eigenvalue weighted by Gasteiger charge is 2.49. The van der Waals surface area contributed by atoms with Crippen molar-refractivity contribution in [3.63, 3.8) is 0 Å². The van der Waals surface area contributed by atoms with Gasteiger partial charge < -0.3 is 14.2 Å². The first-order valence-corrected chi connectivity index (χ1v) is 10.6. The first-order chi connectivity index (χ1) is 13.5. The van der Waals surface area contributed by atoms with Gasteiger partial charge in [0.25, 0.3) is 0 Å². The Morgan fingerprint density at radius 3 is 2.39 bits per heavy atom. The summed E-state index contributed by atoms with van der Waals surface area (Å²) < 4.78 is 17.9. The number of nitrogens with zero attached hydrogens (tertiary/aromatic N) is 1. The Bertz CT molecular complexity index is 928. The van der Waals surface area contributed by atoms with Crippen molar-refractivity contribution in [2.24, 2.45) is 5.92 Å². The molecule has 3 heterocycles. The monoisotopic (exact) mass is 419 g/mol. The van der Waals surface area contributed by atoms with E-state index in [2.05, 4.69) is 30.9 Å². The van der Waals surface area contributed by atoms with Crippen molar-refractivity contribution >= 4 is 23.2 Å². The minimum Gasteiger partial charge on any atom is -0.472 e. The highest BCUT2D eigenvalue weighted by Crippen LogP contribution is 2.53. The van der Waals surface area contributed by atoms with Gasteiger partial charge in [0.2, 0.25) is 6.79 Å². The Morgan fingerprint density at radius 2 is 1.68 bits per heavy atom. The molecule has 0 aliphatic carbocycles. The van der Waals surface area contributed by atoms with Crippen LogP contribution in [0.1, 0.15) is 43.7 Å². The minimum atomic E-state index is -0.409. The number of hydrogen-bond acceptors (Lipinski definition) is 4. The molecule has 0 aromatic heterocycles. The molecule has 3 aliphatic heterocycles. The van der Waals surface area contributed by atoms with E-state index in [0.717, 1.165) is 41.5 Å². The summed E-state index contributed by atoms with van der Waals surface area (Å²) in [6.45, 7) is 6.82. The summed E-state index contributed by atoms with van der Waals surface area (Å²) in [5, 5.41) is 1.14. The van der Waals surface area contributed by atoms with Crippen molar-refractivity contribution in [3.8, 4) is 17.2 Å². The zero-order valence-corrected chi connectivity index (χ0v) is 17.5. The number of benzene rings is 2. The summed E-state index contributed by atoms with van der Waals surface area (Å²) in [5.41, 5.74) is 1.83. The van der Waals surface area contributed by atoms with Crippen molar-refractivity contribution in [3.05, 3.63) is 51.5 Å². The standard InChI is InChI=1S/C22H23Cl2NO3/c1-13-21(14-5-6-16(23)17(24)9-14)15-10-19-20(27-12-26-19)11-18(15)28-22(13,2)25-7-3-4-8-25/h5-6,9-11,13,21H,3-4,7-8,12H2,1-2H3. The molecule has 5 rings (SSSR count). The fourth-order valence-corrected chi connectivity index (χ4v) is 5.16. The van der Waals surface area contributed by atoms with E-state index in [1.54, 1.807) is 0 Å². The number of ether oxygens (including phenoxy) is 3. The van der Waals surface area contributed by atoms with Gasteiger partial charge in [0.1, 0.15) is 5.75 Å². The molecule has 0 spiro atoms. The van der Waals surface area contributed by atoms with Gasteiger partial charge in [-0.15, -0.1) is 0 Å². The predicted molar refractivity (Wildman–Crippen MR) is 110 cm³/mol. The lowest BCUT2D eigenvalue weighted by Crippen LogP contribution is -2.57. The van der Waals surface area contributed by atoms with Crippen LogP contribution in [0.5, 0.6) is 17.2 Å². The van der Waals surface area contributed by atoms with Crippen LogP contribution in [0.2, 0.25) is 10.0 Å². The lowest BCUT2D eigenvalue weighted by atomic mass is 9.74. The van der Waals surface area contributed by atoms with Gasteiger partial charge >= 0.3 is 0 Å². The first-order valence-electron chi connectivity index (χ1n) is 9.80. The normalized spacial score (nSPS) is 28.9. The zero-order chi connectivity index (χ0) is 19.5. The molecule has 6 heteroatoms. The van der Waals surface area contributed by atoms with Gasteiger partial charge in [-0.1, -0.05) is 36.2 Å². The third-order valence-electron chi connectivity index (χ3n) is 6.54. The smallest absolute Gasteiger partial charge is 0.231 e. The molecule has 28 heavy (non-hydrogen) atoms. The Balaban J connectivity index is 1.67. The molecule has 0 N–H and O–H groups in total. The van der Waals surface area contributed by atoms with Crippen molar-refractivity contribution in [1.29, 1.82) is 0 Å². The molecule has 0 amide bonds. The van der Waals surface area contributed by atoms with E-state index in [-0.39, 0.29) is 18.6 Å². The Labute approximate surface area is 175 Å². The molecule has 3 unspecified atom stereocenters. The molecule has 0 bridgehead atoms. The van der Waals surface area contributed by atoms with Crippen molar-refractivity contribution in [1.82, 2.24) is 4.90 Å². The molecule has 2 aromatic carbocycles. The molecule has 3 aliphatic rings. The average molecular weight is 420 g/mol. The SMILES string of the molecule is CC1C(c2ccc(Cl)c(Cl)c2)c2cc3c(cc2OC1(C)N1CCCC1)OCO3. The lowest BCUT2D eigenvalue weighted by Gasteiger charge is -2.50. The molecular weight excluding hydrogens is 397 g/mol. The van der Waals surface area contributed by atoms with E-state index >= 15 is 0 Å². The molecular formula is C22H23Cl2NO3. The quantitative estimate of drug-likeness (QED) is 0.624. The van der Waals surface area contributed by atoms with Crippen LogP contribution in [0.4, 0.5) is 0 Å². The molecule has 148 valence electrons. The van der Waals surface area contributed by atoms with Gasteiger partial charge in [-0.2, -0.15) is 0 Å². The highest BCUT2D eigenvalue weighted by atomic mass is 35.5. The van der Waals surface area contributed by atoms with Crippen LogP contribution in [0, 0.1) is 5.92 Å². The van der Waals surface area contributed by atoms with Crippen LogP contribution < -0.4 is 14.2 Å². The molecule has 0 radical (unpaired) electrons. The second kappa shape index (κ2) is 6.72. The highest BCUT2D eigenvalue weighted by molar-refractivity contribution is 6.42. The second-order valence-corrected chi connectivity index (χ2v) is 8.85. The maximum Gasteiger partial charge on any atom is 0.231 e. The van der Waals surface area contributed by atoms with Gasteiger partial charge in [-0.25, -0.2) is 0 Å². The first kappa shape index (κ1) is 18.4. The lowest BCUT2D eigenvalue weighted by molar-refractivity contribution is -0.114. The molecule has 4 nitrogen and oxygen atoms in total. The number of hydrogen-bond donors (Lipinski definition) is 0. The van der Waals surface area contributed by atoms with Crippen molar-refractivity contribution < 1.29 is 14.2 Å². The zero-order valence-electron chi connectivity index (χ0n) is 16.0. The number of rotatable bonds is 2. The summed E-state index contributed by atoms with van der Waals surface area (Å²) in [6.07, 6.45) is 2.41. The summed E-state index contributed by atoms with van der Waals surface area (Å²) in [7, 11) is 0. The van der Waals surface area contributed by atoms with Crippen LogP contribution in [-0.2, 0) is 0 Å². The van der Waals surface area contributed by atoms with Crippen LogP contribution in [0.25, 0.3) is 0 Å². The van der Waals surface area contributed by atoms with Gasteiger partial charge in [0, 0.05) is 36.6 Å². The van der Waals surface area contributed by atoms with E-state index in [0.29, 0.717) is 10.0 Å². The minimum absolute atomic E-state index is 0.110.